The van der Waals surface area contributed by atoms with E-state index in [9.17, 15) is 9.90 Å². The molecule has 2 aromatic rings. The molecule has 0 saturated heterocycles. The molecular weight excluding hydrogens is 310 g/mol. The van der Waals surface area contributed by atoms with Gasteiger partial charge >= 0.3 is 0 Å². The van der Waals surface area contributed by atoms with Crippen molar-refractivity contribution >= 4 is 23.3 Å². The summed E-state index contributed by atoms with van der Waals surface area (Å²) in [6, 6.07) is 13.1. The van der Waals surface area contributed by atoms with Crippen molar-refractivity contribution in [3.8, 4) is 0 Å². The van der Waals surface area contributed by atoms with Crippen LogP contribution in [0.3, 0.4) is 0 Å². The first-order valence-corrected chi connectivity index (χ1v) is 8.05. The number of carbonyl (C=O) groups excluding carboxylic acids is 1. The van der Waals surface area contributed by atoms with Crippen molar-refractivity contribution in [1.82, 2.24) is 0 Å². The van der Waals surface area contributed by atoms with Crippen molar-refractivity contribution in [3.05, 3.63) is 76.3 Å². The Bertz CT molecular complexity index is 798. The lowest BCUT2D eigenvalue weighted by Gasteiger charge is -2.37. The zero-order valence-corrected chi connectivity index (χ0v) is 13.1. The molecule has 2 aliphatic rings. The molecule has 4 rings (SSSR count). The van der Waals surface area contributed by atoms with Crippen LogP contribution in [0, 0.1) is 5.92 Å². The minimum Gasteiger partial charge on any atom is -0.545 e. The SMILES string of the molecule is O=C([O-])c1ccc([C@H]2Nc3ccc(Cl)cc3[C@H]3C=CC[C@H]32)cc1. The second-order valence-electron chi connectivity index (χ2n) is 6.12. The van der Waals surface area contributed by atoms with Gasteiger partial charge in [-0.1, -0.05) is 48.0 Å². The molecule has 0 aromatic heterocycles. The summed E-state index contributed by atoms with van der Waals surface area (Å²) in [5.74, 6) is -0.390. The Balaban J connectivity index is 1.73. The summed E-state index contributed by atoms with van der Waals surface area (Å²) in [4.78, 5) is 10.9. The summed E-state index contributed by atoms with van der Waals surface area (Å²) in [7, 11) is 0. The maximum absolute atomic E-state index is 10.9. The molecule has 3 atom stereocenters. The number of allylic oxidation sites excluding steroid dienone is 2. The average molecular weight is 325 g/mol. The van der Waals surface area contributed by atoms with Crippen LogP contribution < -0.4 is 10.4 Å². The Morgan fingerprint density at radius 2 is 1.96 bits per heavy atom. The van der Waals surface area contributed by atoms with Gasteiger partial charge in [-0.05, 0) is 47.2 Å². The number of nitrogens with one attached hydrogen (secondary N) is 1. The number of hydrogen-bond donors (Lipinski definition) is 1. The Morgan fingerprint density at radius 3 is 2.70 bits per heavy atom. The van der Waals surface area contributed by atoms with Crippen molar-refractivity contribution < 1.29 is 9.90 Å². The number of carboxylic acids is 1. The van der Waals surface area contributed by atoms with Gasteiger partial charge in [0, 0.05) is 16.6 Å². The zero-order chi connectivity index (χ0) is 16.0. The number of carbonyl (C=O) groups is 1. The number of benzene rings is 2. The fourth-order valence-corrected chi connectivity index (χ4v) is 3.90. The molecule has 1 heterocycles. The van der Waals surface area contributed by atoms with Gasteiger partial charge in [0.25, 0.3) is 0 Å². The van der Waals surface area contributed by atoms with E-state index in [-0.39, 0.29) is 11.6 Å². The fourth-order valence-electron chi connectivity index (χ4n) is 3.72. The summed E-state index contributed by atoms with van der Waals surface area (Å²) in [5.41, 5.74) is 3.63. The smallest absolute Gasteiger partial charge is 0.0715 e. The molecule has 1 aliphatic heterocycles. The van der Waals surface area contributed by atoms with Crippen LogP contribution in [0.15, 0.2) is 54.6 Å². The fraction of sp³-hybridized carbons (Fsp3) is 0.211. The minimum absolute atomic E-state index is 0.152. The highest BCUT2D eigenvalue weighted by Gasteiger charge is 2.37. The second kappa shape index (κ2) is 5.43. The van der Waals surface area contributed by atoms with E-state index in [4.69, 9.17) is 11.6 Å². The molecule has 0 bridgehead atoms. The van der Waals surface area contributed by atoms with Gasteiger partial charge in [0.2, 0.25) is 0 Å². The van der Waals surface area contributed by atoms with Gasteiger partial charge < -0.3 is 15.2 Å². The molecule has 3 nitrogen and oxygen atoms in total. The molecule has 4 heteroatoms. The Kier molecular flexibility index (Phi) is 3.38. The molecule has 0 amide bonds. The minimum atomic E-state index is -1.14. The monoisotopic (exact) mass is 324 g/mol. The van der Waals surface area contributed by atoms with Gasteiger partial charge in [0.05, 0.1) is 12.0 Å². The maximum atomic E-state index is 10.9. The van der Waals surface area contributed by atoms with Gasteiger partial charge in [0.1, 0.15) is 0 Å². The molecule has 1 aliphatic carbocycles. The lowest BCUT2D eigenvalue weighted by molar-refractivity contribution is -0.255. The van der Waals surface area contributed by atoms with Crippen LogP contribution in [0.2, 0.25) is 5.02 Å². The highest BCUT2D eigenvalue weighted by atomic mass is 35.5. The summed E-state index contributed by atoms with van der Waals surface area (Å²) in [5, 5.41) is 15.3. The van der Waals surface area contributed by atoms with Crippen molar-refractivity contribution in [2.24, 2.45) is 5.92 Å². The maximum Gasteiger partial charge on any atom is 0.0715 e. The van der Waals surface area contributed by atoms with Crippen molar-refractivity contribution in [2.75, 3.05) is 5.32 Å². The molecule has 1 N–H and O–H groups in total. The summed E-state index contributed by atoms with van der Waals surface area (Å²) in [6.07, 6.45) is 5.47. The number of aromatic carboxylic acids is 1. The van der Waals surface area contributed by atoms with Gasteiger partial charge in [-0.3, -0.25) is 0 Å². The lowest BCUT2D eigenvalue weighted by atomic mass is 9.77. The van der Waals surface area contributed by atoms with Crippen LogP contribution in [-0.2, 0) is 0 Å². The van der Waals surface area contributed by atoms with E-state index in [1.54, 1.807) is 12.1 Å². The molecule has 0 spiro atoms. The van der Waals surface area contributed by atoms with Crippen LogP contribution in [0.5, 0.6) is 0 Å². The van der Waals surface area contributed by atoms with Gasteiger partial charge in [-0.2, -0.15) is 0 Å². The van der Waals surface area contributed by atoms with E-state index in [1.165, 1.54) is 5.56 Å². The van der Waals surface area contributed by atoms with Gasteiger partial charge in [-0.25, -0.2) is 0 Å². The molecule has 2 aromatic carbocycles. The quantitative estimate of drug-likeness (QED) is 0.860. The largest absolute Gasteiger partial charge is 0.545 e. The molecule has 0 saturated carbocycles. The normalized spacial score (nSPS) is 24.7. The van der Waals surface area contributed by atoms with E-state index >= 15 is 0 Å². The van der Waals surface area contributed by atoms with E-state index in [0.29, 0.717) is 11.8 Å². The Morgan fingerprint density at radius 1 is 1.17 bits per heavy atom. The first-order chi connectivity index (χ1) is 11.1. The van der Waals surface area contributed by atoms with Crippen molar-refractivity contribution in [3.63, 3.8) is 0 Å². The zero-order valence-electron chi connectivity index (χ0n) is 12.3. The number of anilines is 1. The van der Waals surface area contributed by atoms with E-state index in [2.05, 4.69) is 17.5 Å². The number of fused-ring (bicyclic) bond motifs is 3. The first-order valence-electron chi connectivity index (χ1n) is 7.67. The van der Waals surface area contributed by atoms with E-state index < -0.39 is 5.97 Å². The number of halogens is 1. The third kappa shape index (κ3) is 2.41. The average Bonchev–Trinajstić information content (AvgIpc) is 3.04. The second-order valence-corrected chi connectivity index (χ2v) is 6.55. The topological polar surface area (TPSA) is 52.2 Å². The highest BCUT2D eigenvalue weighted by Crippen LogP contribution is 2.50. The standard InChI is InChI=1S/C19H16ClNO2/c20-13-8-9-17-16(10-13)14-2-1-3-15(14)18(21-17)11-4-6-12(7-5-11)19(22)23/h1-2,4-10,14-15,18,21H,3H2,(H,22,23)/p-1/t14-,15+,18+/m0/s1. The molecule has 0 radical (unpaired) electrons. The first kappa shape index (κ1) is 14.3. The van der Waals surface area contributed by atoms with Crippen LogP contribution in [0.1, 0.15) is 39.9 Å². The molecule has 23 heavy (non-hydrogen) atoms. The Hall–Kier alpha value is -2.26. The summed E-state index contributed by atoms with van der Waals surface area (Å²) >= 11 is 6.15. The van der Waals surface area contributed by atoms with Crippen LogP contribution in [0.25, 0.3) is 0 Å². The molecular formula is C19H15ClNO2-. The lowest BCUT2D eigenvalue weighted by Crippen LogP contribution is -2.29. The summed E-state index contributed by atoms with van der Waals surface area (Å²) in [6.45, 7) is 0. The van der Waals surface area contributed by atoms with Gasteiger partial charge in [0.15, 0.2) is 0 Å². The number of carboxylic acid groups (broad SMARTS) is 1. The molecule has 116 valence electrons. The van der Waals surface area contributed by atoms with Gasteiger partial charge in [-0.15, -0.1) is 0 Å². The van der Waals surface area contributed by atoms with Crippen LogP contribution >= 0.6 is 11.6 Å². The Labute approximate surface area is 139 Å². The highest BCUT2D eigenvalue weighted by molar-refractivity contribution is 6.30. The molecule has 0 fully saturated rings. The molecule has 0 unspecified atom stereocenters. The van der Waals surface area contributed by atoms with Crippen molar-refractivity contribution in [2.45, 2.75) is 18.4 Å². The third-order valence-electron chi connectivity index (χ3n) is 4.83. The van der Waals surface area contributed by atoms with Crippen LogP contribution in [0.4, 0.5) is 5.69 Å². The van der Waals surface area contributed by atoms with Crippen molar-refractivity contribution in [1.29, 1.82) is 0 Å². The third-order valence-corrected chi connectivity index (χ3v) is 5.07. The number of hydrogen-bond acceptors (Lipinski definition) is 3. The van der Waals surface area contributed by atoms with Crippen LogP contribution in [-0.4, -0.2) is 5.97 Å². The summed E-state index contributed by atoms with van der Waals surface area (Å²) < 4.78 is 0. The van der Waals surface area contributed by atoms with E-state index in [1.807, 2.05) is 30.3 Å². The van der Waals surface area contributed by atoms with E-state index in [0.717, 1.165) is 22.7 Å². The number of rotatable bonds is 2. The predicted molar refractivity (Wildman–Crippen MR) is 88.6 cm³/mol. The predicted octanol–water partition coefficient (Wildman–Crippen LogP) is 3.53.